The summed E-state index contributed by atoms with van der Waals surface area (Å²) in [6.07, 6.45) is 0. The topological polar surface area (TPSA) is 112 Å². The van der Waals surface area contributed by atoms with Gasteiger partial charge in [-0.3, -0.25) is 0 Å². The number of hydrogen-bond donors (Lipinski definition) is 3. The molecule has 0 fully saturated rings. The molecular formula is C32H35N3O2S. The van der Waals surface area contributed by atoms with E-state index < -0.39 is 15.4 Å². The van der Waals surface area contributed by atoms with E-state index in [0.29, 0.717) is 11.3 Å². The number of fused-ring (bicyclic) bond motifs is 3. The van der Waals surface area contributed by atoms with Crippen LogP contribution >= 0.6 is 0 Å². The van der Waals surface area contributed by atoms with Crippen molar-refractivity contribution in [2.24, 2.45) is 5.14 Å². The van der Waals surface area contributed by atoms with Crippen LogP contribution in [0.4, 0.5) is 11.4 Å². The third-order valence-electron chi connectivity index (χ3n) is 8.02. The lowest BCUT2D eigenvalue weighted by molar-refractivity contribution is 0.586. The molecule has 38 heavy (non-hydrogen) atoms. The molecule has 4 aromatic rings. The molecule has 1 aliphatic carbocycles. The fourth-order valence-electron chi connectivity index (χ4n) is 5.94. The Morgan fingerprint density at radius 3 is 1.95 bits per heavy atom. The second-order valence-electron chi connectivity index (χ2n) is 11.6. The molecule has 1 unspecified atom stereocenters. The molecule has 0 radical (unpaired) electrons. The van der Waals surface area contributed by atoms with Crippen molar-refractivity contribution in [3.63, 3.8) is 0 Å². The van der Waals surface area contributed by atoms with E-state index in [1.54, 1.807) is 12.1 Å². The lowest BCUT2D eigenvalue weighted by Crippen LogP contribution is -2.32. The monoisotopic (exact) mass is 525 g/mol. The van der Waals surface area contributed by atoms with E-state index in [-0.39, 0.29) is 10.3 Å². The Morgan fingerprint density at radius 1 is 0.737 bits per heavy atom. The summed E-state index contributed by atoms with van der Waals surface area (Å²) in [5.74, 6) is 0. The second-order valence-corrected chi connectivity index (χ2v) is 13.1. The van der Waals surface area contributed by atoms with Crippen LogP contribution in [0.2, 0.25) is 0 Å². The molecule has 0 heterocycles. The average Bonchev–Trinajstić information content (AvgIpc) is 3.13. The van der Waals surface area contributed by atoms with E-state index >= 15 is 0 Å². The fourth-order valence-corrected chi connectivity index (χ4v) is 6.75. The van der Waals surface area contributed by atoms with Crippen LogP contribution < -0.4 is 16.6 Å². The summed E-state index contributed by atoms with van der Waals surface area (Å²) in [5, 5.41) is 5.91. The van der Waals surface area contributed by atoms with Crippen LogP contribution in [-0.4, -0.2) is 8.42 Å². The number of rotatable bonds is 3. The van der Waals surface area contributed by atoms with Crippen LogP contribution in [0, 0.1) is 20.8 Å². The Kier molecular flexibility index (Phi) is 5.78. The number of anilines is 2. The van der Waals surface area contributed by atoms with Gasteiger partial charge in [0.25, 0.3) is 0 Å². The molecule has 0 saturated carbocycles. The lowest BCUT2D eigenvalue weighted by atomic mass is 9.66. The van der Waals surface area contributed by atoms with Gasteiger partial charge in [-0.15, -0.1) is 0 Å². The molecular weight excluding hydrogens is 490 g/mol. The minimum absolute atomic E-state index is 0.116. The quantitative estimate of drug-likeness (QED) is 0.248. The van der Waals surface area contributed by atoms with E-state index in [0.717, 1.165) is 55.8 Å². The van der Waals surface area contributed by atoms with Crippen molar-refractivity contribution in [3.05, 3.63) is 111 Å². The number of benzene rings is 4. The predicted molar refractivity (Wildman–Crippen MR) is 157 cm³/mol. The van der Waals surface area contributed by atoms with Gasteiger partial charge in [0.05, 0.1) is 10.3 Å². The van der Waals surface area contributed by atoms with Crippen LogP contribution in [0.25, 0.3) is 11.1 Å². The van der Waals surface area contributed by atoms with Crippen LogP contribution in [0.3, 0.4) is 0 Å². The van der Waals surface area contributed by atoms with E-state index in [1.165, 1.54) is 0 Å². The summed E-state index contributed by atoms with van der Waals surface area (Å²) in [5.41, 5.74) is 22.3. The number of primary sulfonamides is 1. The predicted octanol–water partition coefficient (Wildman–Crippen LogP) is 6.08. The summed E-state index contributed by atoms with van der Waals surface area (Å²) in [7, 11) is -4.07. The molecule has 5 rings (SSSR count). The zero-order valence-corrected chi connectivity index (χ0v) is 23.6. The zero-order chi connectivity index (χ0) is 27.8. The maximum absolute atomic E-state index is 13.2. The standard InChI is InChI=1S/C32H35N3O2S/c1-18-14-22(11-13-27(18)33)32(23-15-19(2)30(34)20(3)16-23)26-17-21(31(4,5)6)10-12-24(26)25-8-7-9-28(29(25)32)38(35,36)37/h7-17H,33-34H2,1-6H3,(H2,35,36,37). The van der Waals surface area contributed by atoms with Crippen molar-refractivity contribution in [3.8, 4) is 11.1 Å². The van der Waals surface area contributed by atoms with Crippen LogP contribution in [-0.2, 0) is 20.9 Å². The maximum atomic E-state index is 13.2. The molecule has 6 N–H and O–H groups in total. The fraction of sp³-hybridized carbons (Fsp3) is 0.250. The zero-order valence-electron chi connectivity index (χ0n) is 22.8. The van der Waals surface area contributed by atoms with E-state index in [9.17, 15) is 8.42 Å². The van der Waals surface area contributed by atoms with Crippen molar-refractivity contribution in [1.82, 2.24) is 0 Å². The largest absolute Gasteiger partial charge is 0.399 e. The highest BCUT2D eigenvalue weighted by atomic mass is 32.2. The number of nitrogens with two attached hydrogens (primary N) is 3. The number of nitrogen functional groups attached to an aromatic ring is 2. The number of sulfonamides is 1. The van der Waals surface area contributed by atoms with Gasteiger partial charge in [-0.1, -0.05) is 75.4 Å². The third-order valence-corrected chi connectivity index (χ3v) is 8.97. The normalized spacial score (nSPS) is 16.8. The maximum Gasteiger partial charge on any atom is 0.238 e. The Hall–Kier alpha value is -3.61. The lowest BCUT2D eigenvalue weighted by Gasteiger charge is -2.36. The molecule has 5 nitrogen and oxygen atoms in total. The van der Waals surface area contributed by atoms with E-state index in [2.05, 4.69) is 57.2 Å². The van der Waals surface area contributed by atoms with Gasteiger partial charge in [0.1, 0.15) is 0 Å². The smallest absolute Gasteiger partial charge is 0.238 e. The number of aryl methyl sites for hydroxylation is 3. The molecule has 4 aromatic carbocycles. The van der Waals surface area contributed by atoms with E-state index in [4.69, 9.17) is 16.6 Å². The molecule has 0 saturated heterocycles. The average molecular weight is 526 g/mol. The second kappa shape index (κ2) is 8.45. The molecule has 1 atom stereocenters. The summed E-state index contributed by atoms with van der Waals surface area (Å²) in [6, 6.07) is 22.0. The van der Waals surface area contributed by atoms with Crippen molar-refractivity contribution in [2.75, 3.05) is 11.5 Å². The van der Waals surface area contributed by atoms with Crippen LogP contribution in [0.1, 0.15) is 65.3 Å². The minimum atomic E-state index is -4.07. The number of hydrogen-bond acceptors (Lipinski definition) is 4. The van der Waals surface area contributed by atoms with Gasteiger partial charge >= 0.3 is 0 Å². The first kappa shape index (κ1) is 26.0. The molecule has 6 heteroatoms. The van der Waals surface area contributed by atoms with Gasteiger partial charge in [0.15, 0.2) is 0 Å². The van der Waals surface area contributed by atoms with Crippen molar-refractivity contribution < 1.29 is 8.42 Å². The third kappa shape index (κ3) is 3.74. The van der Waals surface area contributed by atoms with Gasteiger partial charge in [-0.05, 0) is 94.0 Å². The Balaban J connectivity index is 2.09. The summed E-state index contributed by atoms with van der Waals surface area (Å²) in [6.45, 7) is 12.5. The van der Waals surface area contributed by atoms with Gasteiger partial charge < -0.3 is 11.5 Å². The van der Waals surface area contributed by atoms with Gasteiger partial charge in [0.2, 0.25) is 10.0 Å². The van der Waals surface area contributed by atoms with Crippen molar-refractivity contribution in [1.29, 1.82) is 0 Å². The highest BCUT2D eigenvalue weighted by Crippen LogP contribution is 2.59. The first-order valence-corrected chi connectivity index (χ1v) is 14.3. The van der Waals surface area contributed by atoms with Gasteiger partial charge in [-0.2, -0.15) is 0 Å². The van der Waals surface area contributed by atoms with Crippen LogP contribution in [0.15, 0.2) is 71.6 Å². The highest BCUT2D eigenvalue weighted by Gasteiger charge is 2.49. The molecule has 0 amide bonds. The Bertz CT molecular complexity index is 1710. The molecule has 0 aliphatic heterocycles. The highest BCUT2D eigenvalue weighted by molar-refractivity contribution is 7.89. The van der Waals surface area contributed by atoms with Crippen molar-refractivity contribution >= 4 is 21.4 Å². The van der Waals surface area contributed by atoms with Crippen molar-refractivity contribution in [2.45, 2.75) is 57.3 Å². The molecule has 0 aromatic heterocycles. The molecule has 0 bridgehead atoms. The molecule has 0 spiro atoms. The Labute approximate surface area is 225 Å². The Morgan fingerprint density at radius 2 is 1.37 bits per heavy atom. The van der Waals surface area contributed by atoms with E-state index in [1.807, 2.05) is 39.0 Å². The first-order valence-electron chi connectivity index (χ1n) is 12.7. The SMILES string of the molecule is Cc1cc(C2(c3cc(C)c(N)c(C)c3)c3cc(C(C)(C)C)ccc3-c3cccc(S(N)(=O)=O)c32)ccc1N. The summed E-state index contributed by atoms with van der Waals surface area (Å²) >= 11 is 0. The van der Waals surface area contributed by atoms with Gasteiger partial charge in [0, 0.05) is 11.4 Å². The summed E-state index contributed by atoms with van der Waals surface area (Å²) < 4.78 is 26.3. The molecule has 1 aliphatic rings. The first-order chi connectivity index (χ1) is 17.7. The summed E-state index contributed by atoms with van der Waals surface area (Å²) in [4.78, 5) is 0.116. The van der Waals surface area contributed by atoms with Crippen LogP contribution in [0.5, 0.6) is 0 Å². The molecule has 196 valence electrons. The minimum Gasteiger partial charge on any atom is -0.399 e. The van der Waals surface area contributed by atoms with Gasteiger partial charge in [-0.25, -0.2) is 13.6 Å².